The van der Waals surface area contributed by atoms with E-state index in [1.54, 1.807) is 6.08 Å². The van der Waals surface area contributed by atoms with Gasteiger partial charge in [-0.3, -0.25) is 9.59 Å². The smallest absolute Gasteiger partial charge is 0.224 e. The van der Waals surface area contributed by atoms with Crippen molar-refractivity contribution in [3.05, 3.63) is 90.2 Å². The van der Waals surface area contributed by atoms with Gasteiger partial charge in [-0.25, -0.2) is 0 Å². The number of hydrogen-bond donors (Lipinski definition) is 3. The van der Waals surface area contributed by atoms with E-state index in [9.17, 15) is 14.7 Å². The van der Waals surface area contributed by atoms with Crippen molar-refractivity contribution in [1.82, 2.24) is 0 Å². The van der Waals surface area contributed by atoms with Gasteiger partial charge in [0.2, 0.25) is 5.91 Å². The number of thioether (sulfide) groups is 1. The second kappa shape index (κ2) is 11.9. The third kappa shape index (κ3) is 8.48. The second-order valence-electron chi connectivity index (χ2n) is 9.70. The molecule has 0 aromatic heterocycles. The molecule has 0 bridgehead atoms. The van der Waals surface area contributed by atoms with Gasteiger partial charge in [0.15, 0.2) is 5.12 Å². The lowest BCUT2D eigenvalue weighted by molar-refractivity contribution is -0.119. The summed E-state index contributed by atoms with van der Waals surface area (Å²) >= 11 is 1.14. The number of hydrogen-bond acceptors (Lipinski definition) is 5. The number of para-hydroxylation sites is 1. The highest BCUT2D eigenvalue weighted by Crippen LogP contribution is 2.34. The molecular formula is C29H34N2O3S. The highest BCUT2D eigenvalue weighted by molar-refractivity contribution is 8.14. The van der Waals surface area contributed by atoms with Crippen molar-refractivity contribution in [3.63, 3.8) is 0 Å². The van der Waals surface area contributed by atoms with Crippen LogP contribution in [0.2, 0.25) is 0 Å². The molecule has 0 spiro atoms. The molecule has 184 valence electrons. The van der Waals surface area contributed by atoms with Crippen LogP contribution in [0.3, 0.4) is 0 Å². The lowest BCUT2D eigenvalue weighted by Crippen LogP contribution is -2.16. The zero-order valence-corrected chi connectivity index (χ0v) is 21.6. The lowest BCUT2D eigenvalue weighted by Gasteiger charge is -2.25. The largest absolute Gasteiger partial charge is 0.508 e. The molecule has 0 saturated carbocycles. The first-order valence-electron chi connectivity index (χ1n) is 11.8. The molecule has 1 unspecified atom stereocenters. The topological polar surface area (TPSA) is 78.4 Å². The molecule has 3 rings (SSSR count). The number of carbonyl (C=O) groups is 2. The van der Waals surface area contributed by atoms with E-state index in [0.29, 0.717) is 5.69 Å². The van der Waals surface area contributed by atoms with Crippen LogP contribution in [0.1, 0.15) is 40.5 Å². The van der Waals surface area contributed by atoms with Gasteiger partial charge >= 0.3 is 0 Å². The minimum atomic E-state index is -0.274. The van der Waals surface area contributed by atoms with Gasteiger partial charge in [0.05, 0.1) is 5.25 Å². The minimum Gasteiger partial charge on any atom is -0.508 e. The number of aliphatic hydroxyl groups excluding tert-OH is 1. The highest BCUT2D eigenvalue weighted by atomic mass is 32.2. The van der Waals surface area contributed by atoms with E-state index in [2.05, 4.69) is 44.4 Å². The Morgan fingerprint density at radius 2 is 1.51 bits per heavy atom. The molecule has 0 aliphatic heterocycles. The number of nitrogens with one attached hydrogen (secondary N) is 2. The van der Waals surface area contributed by atoms with Gasteiger partial charge < -0.3 is 15.7 Å². The van der Waals surface area contributed by atoms with E-state index < -0.39 is 0 Å². The SMILES string of the molecule is C[C@@H]1/C=C(C(C)(C)C)\C(O)=C/C(SC(=O)CCC(=O)Nc2ccc(Nc3ccccc3)cc2)/C=C/1. The van der Waals surface area contributed by atoms with Crippen LogP contribution >= 0.6 is 11.8 Å². The summed E-state index contributed by atoms with van der Waals surface area (Å²) in [6.07, 6.45) is 7.98. The fourth-order valence-electron chi connectivity index (χ4n) is 3.67. The van der Waals surface area contributed by atoms with E-state index in [1.165, 1.54) is 0 Å². The first-order valence-corrected chi connectivity index (χ1v) is 12.7. The molecule has 1 aliphatic rings. The Kier molecular flexibility index (Phi) is 8.99. The number of carbonyl (C=O) groups excluding carboxylic acids is 2. The van der Waals surface area contributed by atoms with Crippen molar-refractivity contribution in [3.8, 4) is 0 Å². The molecule has 2 atom stereocenters. The van der Waals surface area contributed by atoms with Crippen LogP contribution in [0.4, 0.5) is 17.1 Å². The van der Waals surface area contributed by atoms with Gasteiger partial charge in [0.1, 0.15) is 5.76 Å². The number of benzene rings is 2. The third-order valence-corrected chi connectivity index (χ3v) is 6.53. The zero-order valence-electron chi connectivity index (χ0n) is 20.7. The molecule has 1 amide bonds. The molecule has 35 heavy (non-hydrogen) atoms. The molecule has 3 N–H and O–H groups in total. The van der Waals surface area contributed by atoms with Gasteiger partial charge in [-0.2, -0.15) is 0 Å². The molecule has 1 aliphatic carbocycles. The normalized spacial score (nSPS) is 21.9. The number of rotatable bonds is 7. The van der Waals surface area contributed by atoms with E-state index in [4.69, 9.17) is 0 Å². The first-order chi connectivity index (χ1) is 16.6. The van der Waals surface area contributed by atoms with E-state index in [0.717, 1.165) is 28.7 Å². The van der Waals surface area contributed by atoms with Crippen molar-refractivity contribution in [2.45, 2.75) is 45.8 Å². The summed E-state index contributed by atoms with van der Waals surface area (Å²) in [6.45, 7) is 8.22. The number of anilines is 3. The highest BCUT2D eigenvalue weighted by Gasteiger charge is 2.24. The Morgan fingerprint density at radius 1 is 0.886 bits per heavy atom. The maximum atomic E-state index is 12.6. The predicted molar refractivity (Wildman–Crippen MR) is 147 cm³/mol. The summed E-state index contributed by atoms with van der Waals surface area (Å²) in [6, 6.07) is 17.3. The fraction of sp³-hybridized carbons (Fsp3) is 0.310. The van der Waals surface area contributed by atoms with Crippen molar-refractivity contribution in [2.75, 3.05) is 10.6 Å². The van der Waals surface area contributed by atoms with Gasteiger partial charge in [-0.05, 0) is 59.4 Å². The van der Waals surface area contributed by atoms with Crippen LogP contribution in [0.15, 0.2) is 90.2 Å². The van der Waals surface area contributed by atoms with Gasteiger partial charge in [-0.1, -0.05) is 75.9 Å². The number of allylic oxidation sites excluding steroid dienone is 3. The maximum Gasteiger partial charge on any atom is 0.224 e. The van der Waals surface area contributed by atoms with Gasteiger partial charge in [0, 0.05) is 29.9 Å². The molecule has 2 aromatic carbocycles. The molecule has 0 radical (unpaired) electrons. The predicted octanol–water partition coefficient (Wildman–Crippen LogP) is 7.40. The number of aliphatic hydroxyl groups is 1. The summed E-state index contributed by atoms with van der Waals surface area (Å²) < 4.78 is 0. The van der Waals surface area contributed by atoms with Crippen LogP contribution in [-0.4, -0.2) is 21.4 Å². The summed E-state index contributed by atoms with van der Waals surface area (Å²) in [7, 11) is 0. The van der Waals surface area contributed by atoms with Crippen LogP contribution < -0.4 is 10.6 Å². The molecule has 5 nitrogen and oxygen atoms in total. The Hall–Kier alpha value is -3.25. The Labute approximate surface area is 212 Å². The Morgan fingerprint density at radius 3 is 2.17 bits per heavy atom. The van der Waals surface area contributed by atoms with Crippen molar-refractivity contribution in [1.29, 1.82) is 0 Å². The molecule has 2 aromatic rings. The van der Waals surface area contributed by atoms with Crippen LogP contribution in [-0.2, 0) is 9.59 Å². The zero-order chi connectivity index (χ0) is 25.4. The van der Waals surface area contributed by atoms with E-state index in [1.807, 2.05) is 66.7 Å². The van der Waals surface area contributed by atoms with Gasteiger partial charge in [0.25, 0.3) is 0 Å². The Bertz CT molecular complexity index is 1110. The second-order valence-corrected chi connectivity index (χ2v) is 10.9. The van der Waals surface area contributed by atoms with Gasteiger partial charge in [-0.15, -0.1) is 0 Å². The van der Waals surface area contributed by atoms with Crippen LogP contribution in [0, 0.1) is 11.3 Å². The number of amides is 1. The summed E-state index contributed by atoms with van der Waals surface area (Å²) in [5, 5.41) is 16.4. The Balaban J connectivity index is 1.50. The fourth-order valence-corrected chi connectivity index (χ4v) is 4.56. The third-order valence-electron chi connectivity index (χ3n) is 5.49. The summed E-state index contributed by atoms with van der Waals surface area (Å²) in [4.78, 5) is 24.9. The van der Waals surface area contributed by atoms with E-state index in [-0.39, 0.29) is 46.2 Å². The summed E-state index contributed by atoms with van der Waals surface area (Å²) in [5.74, 6) is 0.154. The monoisotopic (exact) mass is 490 g/mol. The molecular weight excluding hydrogens is 456 g/mol. The molecule has 6 heteroatoms. The quantitative estimate of drug-likeness (QED) is 0.353. The first kappa shape index (κ1) is 26.4. The van der Waals surface area contributed by atoms with Crippen LogP contribution in [0.5, 0.6) is 0 Å². The van der Waals surface area contributed by atoms with E-state index >= 15 is 0 Å². The van der Waals surface area contributed by atoms with Crippen molar-refractivity contribution >= 4 is 39.8 Å². The maximum absolute atomic E-state index is 12.6. The van der Waals surface area contributed by atoms with Crippen molar-refractivity contribution in [2.24, 2.45) is 11.3 Å². The summed E-state index contributed by atoms with van der Waals surface area (Å²) in [5.41, 5.74) is 3.26. The average Bonchev–Trinajstić information content (AvgIpc) is 2.80. The molecule has 0 heterocycles. The lowest BCUT2D eigenvalue weighted by atomic mass is 9.82. The standard InChI is InChI=1S/C29H34N2O3S/c1-20-10-15-24(19-26(32)25(18-20)29(2,3)4)35-28(34)17-16-27(33)31-23-13-11-22(12-14-23)30-21-8-6-5-7-9-21/h5-15,18-20,24,30,32H,16-17H2,1-4H3,(H,31,33)/b15-10+,25-18+,26-19+/t20-,24?/m0/s1. The molecule has 0 fully saturated rings. The minimum absolute atomic E-state index is 0.0872. The molecule has 0 saturated heterocycles. The van der Waals surface area contributed by atoms with Crippen molar-refractivity contribution < 1.29 is 14.7 Å². The van der Waals surface area contributed by atoms with Crippen LogP contribution in [0.25, 0.3) is 0 Å². The average molecular weight is 491 g/mol.